The van der Waals surface area contributed by atoms with Crippen molar-refractivity contribution in [1.82, 2.24) is 0 Å². The minimum absolute atomic E-state index is 0.471. The summed E-state index contributed by atoms with van der Waals surface area (Å²) in [5.41, 5.74) is 0. The molecule has 0 aromatic rings. The third kappa shape index (κ3) is 2.75. The van der Waals surface area contributed by atoms with Gasteiger partial charge in [0.1, 0.15) is 0 Å². The van der Waals surface area contributed by atoms with Crippen LogP contribution in [0.1, 0.15) is 33.6 Å². The summed E-state index contributed by atoms with van der Waals surface area (Å²) in [5, 5.41) is 0.471. The zero-order valence-corrected chi connectivity index (χ0v) is 14.5. The zero-order valence-electron chi connectivity index (χ0n) is 11.8. The summed E-state index contributed by atoms with van der Waals surface area (Å²) in [6.07, 6.45) is 3.25. The van der Waals surface area contributed by atoms with Crippen molar-refractivity contribution in [3.63, 3.8) is 0 Å². The maximum atomic E-state index is 5.54. The average molecular weight is 291 g/mol. The normalized spacial score (nSPS) is 29.1. The lowest BCUT2D eigenvalue weighted by Gasteiger charge is -2.53. The van der Waals surface area contributed by atoms with Gasteiger partial charge >= 0.3 is 0 Å². The lowest BCUT2D eigenvalue weighted by Crippen LogP contribution is -2.57. The molecule has 2 fully saturated rings. The summed E-state index contributed by atoms with van der Waals surface area (Å²) in [4.78, 5) is 0. The number of thioether (sulfide) groups is 2. The van der Waals surface area contributed by atoms with Crippen molar-refractivity contribution < 1.29 is 4.74 Å². The Kier molecular flexibility index (Phi) is 4.01. The van der Waals surface area contributed by atoms with Crippen LogP contribution in [0, 0.1) is 0 Å². The molecule has 2 saturated heterocycles. The van der Waals surface area contributed by atoms with Gasteiger partial charge in [0.2, 0.25) is 0 Å². The molecule has 0 aromatic carbocycles. The summed E-state index contributed by atoms with van der Waals surface area (Å²) in [7, 11) is -1.33. The van der Waals surface area contributed by atoms with Crippen molar-refractivity contribution in [3.8, 4) is 0 Å². The molecule has 0 radical (unpaired) electrons. The first kappa shape index (κ1) is 14.3. The van der Waals surface area contributed by atoms with Gasteiger partial charge in [0.25, 0.3) is 0 Å². The molecule has 0 aromatic heterocycles. The molecule has 0 spiro atoms. The van der Waals surface area contributed by atoms with E-state index in [-0.39, 0.29) is 0 Å². The van der Waals surface area contributed by atoms with Crippen LogP contribution in [0.3, 0.4) is 0 Å². The van der Waals surface area contributed by atoms with Gasteiger partial charge in [-0.2, -0.15) is 0 Å². The fourth-order valence-corrected chi connectivity index (χ4v) is 12.4. The summed E-state index contributed by atoms with van der Waals surface area (Å²) in [6.45, 7) is 13.6. The number of hydrogen-bond acceptors (Lipinski definition) is 3. The van der Waals surface area contributed by atoms with E-state index in [4.69, 9.17) is 4.74 Å². The maximum Gasteiger partial charge on any atom is 0.0836 e. The largest absolute Gasteiger partial charge is 0.373 e. The van der Waals surface area contributed by atoms with Crippen molar-refractivity contribution in [1.29, 1.82) is 0 Å². The van der Waals surface area contributed by atoms with E-state index >= 15 is 0 Å². The number of hydrogen-bond donors (Lipinski definition) is 0. The van der Waals surface area contributed by atoms with Crippen LogP contribution in [0.4, 0.5) is 0 Å². The van der Waals surface area contributed by atoms with Gasteiger partial charge in [-0.05, 0) is 29.4 Å². The molecule has 1 nitrogen and oxygen atoms in total. The van der Waals surface area contributed by atoms with Crippen molar-refractivity contribution in [2.45, 2.75) is 61.6 Å². The molecular formula is C13H26OS2Si. The van der Waals surface area contributed by atoms with Gasteiger partial charge in [-0.1, -0.05) is 33.9 Å². The molecule has 0 N–H and O–H groups in total. The second-order valence-electron chi connectivity index (χ2n) is 6.84. The third-order valence-electron chi connectivity index (χ3n) is 4.69. The van der Waals surface area contributed by atoms with Crippen LogP contribution >= 0.6 is 23.5 Å². The van der Waals surface area contributed by atoms with Crippen LogP contribution in [0.2, 0.25) is 18.1 Å². The highest BCUT2D eigenvalue weighted by Gasteiger charge is 2.56. The smallest absolute Gasteiger partial charge is 0.0836 e. The topological polar surface area (TPSA) is 12.5 Å². The minimum atomic E-state index is -1.33. The lowest BCUT2D eigenvalue weighted by atomic mass is 10.2. The highest BCUT2D eigenvalue weighted by molar-refractivity contribution is 8.21. The molecule has 0 amide bonds. The van der Waals surface area contributed by atoms with Crippen LogP contribution in [-0.2, 0) is 4.74 Å². The number of rotatable bonds is 3. The van der Waals surface area contributed by atoms with Gasteiger partial charge in [0.15, 0.2) is 0 Å². The molecule has 2 aliphatic rings. The first-order valence-corrected chi connectivity index (χ1v) is 11.7. The molecule has 2 heterocycles. The maximum absolute atomic E-state index is 5.54. The second-order valence-corrected chi connectivity index (χ2v) is 16.2. The Hall–Kier alpha value is 0.877. The van der Waals surface area contributed by atoms with Crippen LogP contribution in [-0.4, -0.2) is 36.0 Å². The Labute approximate surface area is 116 Å². The van der Waals surface area contributed by atoms with Crippen molar-refractivity contribution in [2.24, 2.45) is 0 Å². The van der Waals surface area contributed by atoms with Crippen LogP contribution in [0.15, 0.2) is 0 Å². The van der Waals surface area contributed by atoms with Gasteiger partial charge in [-0.25, -0.2) is 0 Å². The number of epoxide rings is 1. The molecule has 2 aliphatic heterocycles. The Morgan fingerprint density at radius 2 is 1.76 bits per heavy atom. The van der Waals surface area contributed by atoms with E-state index in [0.29, 0.717) is 14.8 Å². The molecule has 4 heteroatoms. The van der Waals surface area contributed by atoms with E-state index in [1.807, 2.05) is 0 Å². The van der Waals surface area contributed by atoms with E-state index in [1.165, 1.54) is 24.3 Å². The SMILES string of the molecule is CC(C)(C)[Si](C)(C)C1(C[C@H]2CO2)SCCCS1. The molecule has 100 valence electrons. The van der Waals surface area contributed by atoms with E-state index < -0.39 is 8.07 Å². The standard InChI is InChI=1S/C13H26OS2Si/c1-12(2,3)17(4,5)13(9-11-10-14-11)15-7-6-8-16-13/h11H,6-10H2,1-5H3/t11-/m0/s1. The van der Waals surface area contributed by atoms with Gasteiger partial charge in [0.05, 0.1) is 24.5 Å². The predicted molar refractivity (Wildman–Crippen MR) is 83.8 cm³/mol. The van der Waals surface area contributed by atoms with Crippen LogP contribution < -0.4 is 0 Å². The van der Waals surface area contributed by atoms with Crippen molar-refractivity contribution in [3.05, 3.63) is 0 Å². The van der Waals surface area contributed by atoms with Gasteiger partial charge in [0, 0.05) is 0 Å². The van der Waals surface area contributed by atoms with Crippen LogP contribution in [0.25, 0.3) is 0 Å². The fraction of sp³-hybridized carbons (Fsp3) is 1.00. The van der Waals surface area contributed by atoms with Gasteiger partial charge in [-0.15, -0.1) is 23.5 Å². The minimum Gasteiger partial charge on any atom is -0.373 e. The van der Waals surface area contributed by atoms with E-state index in [9.17, 15) is 0 Å². The van der Waals surface area contributed by atoms with E-state index in [1.54, 1.807) is 0 Å². The number of ether oxygens (including phenoxy) is 1. The lowest BCUT2D eigenvalue weighted by molar-refractivity contribution is 0.397. The molecule has 2 rings (SSSR count). The Morgan fingerprint density at radius 1 is 1.24 bits per heavy atom. The quantitative estimate of drug-likeness (QED) is 0.565. The molecule has 0 unspecified atom stereocenters. The first-order valence-electron chi connectivity index (χ1n) is 6.68. The van der Waals surface area contributed by atoms with E-state index in [2.05, 4.69) is 57.4 Å². The van der Waals surface area contributed by atoms with Gasteiger partial charge in [-0.3, -0.25) is 0 Å². The molecular weight excluding hydrogens is 264 g/mol. The highest BCUT2D eigenvalue weighted by atomic mass is 32.2. The van der Waals surface area contributed by atoms with Crippen molar-refractivity contribution in [2.75, 3.05) is 18.1 Å². The molecule has 17 heavy (non-hydrogen) atoms. The Balaban J connectivity index is 2.24. The first-order chi connectivity index (χ1) is 7.79. The van der Waals surface area contributed by atoms with Crippen LogP contribution in [0.5, 0.6) is 0 Å². The zero-order chi connectivity index (χ0) is 12.7. The van der Waals surface area contributed by atoms with Crippen molar-refractivity contribution >= 4 is 31.6 Å². The molecule has 0 aliphatic carbocycles. The highest BCUT2D eigenvalue weighted by Crippen LogP contribution is 2.59. The monoisotopic (exact) mass is 290 g/mol. The molecule has 0 bridgehead atoms. The predicted octanol–water partition coefficient (Wildman–Crippen LogP) is 4.39. The second kappa shape index (κ2) is 4.77. The summed E-state index contributed by atoms with van der Waals surface area (Å²) < 4.78 is 6.03. The van der Waals surface area contributed by atoms with E-state index in [0.717, 1.165) is 6.61 Å². The fourth-order valence-electron chi connectivity index (χ4n) is 2.37. The third-order valence-corrected chi connectivity index (χ3v) is 17.4. The van der Waals surface area contributed by atoms with Gasteiger partial charge < -0.3 is 4.74 Å². The molecule has 1 atom stereocenters. The molecule has 0 saturated carbocycles. The Bertz CT molecular complexity index is 276. The Morgan fingerprint density at radius 3 is 2.18 bits per heavy atom. The summed E-state index contributed by atoms with van der Waals surface area (Å²) in [5.74, 6) is 2.71. The average Bonchev–Trinajstić information content (AvgIpc) is 3.01. The summed E-state index contributed by atoms with van der Waals surface area (Å²) >= 11 is 4.51. The summed E-state index contributed by atoms with van der Waals surface area (Å²) in [6, 6.07) is 0.